The Hall–Kier alpha value is -3.43. The molecule has 10 heteroatoms. The van der Waals surface area contributed by atoms with Gasteiger partial charge in [0.05, 0.1) is 24.3 Å². The first kappa shape index (κ1) is 15.5. The molecule has 10 nitrogen and oxygen atoms in total. The van der Waals surface area contributed by atoms with Crippen molar-refractivity contribution in [3.63, 3.8) is 0 Å². The van der Waals surface area contributed by atoms with Crippen molar-refractivity contribution in [2.45, 2.75) is 13.5 Å². The Morgan fingerprint density at radius 2 is 2.17 bits per heavy atom. The van der Waals surface area contributed by atoms with E-state index in [0.717, 1.165) is 0 Å². The second kappa shape index (κ2) is 5.99. The lowest BCUT2D eigenvalue weighted by atomic mass is 10.3. The van der Waals surface area contributed by atoms with Gasteiger partial charge in [-0.15, -0.1) is 5.10 Å². The Labute approximate surface area is 136 Å². The molecule has 0 unspecified atom stereocenters. The second-order valence-corrected chi connectivity index (χ2v) is 5.01. The van der Waals surface area contributed by atoms with Crippen LogP contribution in [0.4, 0.5) is 16.3 Å². The molecule has 1 aromatic carbocycles. The van der Waals surface area contributed by atoms with Crippen molar-refractivity contribution in [2.24, 2.45) is 0 Å². The summed E-state index contributed by atoms with van der Waals surface area (Å²) in [6.45, 7) is 1.62. The lowest BCUT2D eigenvalue weighted by molar-refractivity contribution is 0.0883. The Bertz CT molecular complexity index is 928. The summed E-state index contributed by atoms with van der Waals surface area (Å²) in [5.41, 5.74) is 7.61. The molecule has 0 aliphatic heterocycles. The molecule has 0 atom stereocenters. The average Bonchev–Trinajstić information content (AvgIpc) is 3.09. The maximum absolute atomic E-state index is 12.6. The van der Waals surface area contributed by atoms with Crippen LogP contribution in [0.2, 0.25) is 0 Å². The summed E-state index contributed by atoms with van der Waals surface area (Å²) >= 11 is 0. The first-order valence-electron chi connectivity index (χ1n) is 7.01. The number of nitrogens with zero attached hydrogens (tertiary/aromatic N) is 5. The number of benzene rings is 1. The zero-order chi connectivity index (χ0) is 17.3. The highest BCUT2D eigenvalue weighted by Gasteiger charge is 2.16. The van der Waals surface area contributed by atoms with Crippen molar-refractivity contribution < 1.29 is 14.3 Å². The largest absolute Gasteiger partial charge is 0.453 e. The number of methoxy groups -OCH3 is 1. The summed E-state index contributed by atoms with van der Waals surface area (Å²) in [6, 6.07) is 5.15. The van der Waals surface area contributed by atoms with Crippen molar-refractivity contribution in [3.05, 3.63) is 30.2 Å². The molecule has 3 aromatic rings. The lowest BCUT2D eigenvalue weighted by Crippen LogP contribution is -2.21. The predicted octanol–water partition coefficient (Wildman–Crippen LogP) is 1.04. The lowest BCUT2D eigenvalue weighted by Gasteiger charge is -2.05. The first-order valence-corrected chi connectivity index (χ1v) is 7.01. The highest BCUT2D eigenvalue weighted by molar-refractivity contribution is 5.92. The molecule has 1 amide bonds. The first-order chi connectivity index (χ1) is 11.5. The number of hydrogen-bond acceptors (Lipinski definition) is 7. The molecular weight excluding hydrogens is 314 g/mol. The van der Waals surface area contributed by atoms with E-state index in [9.17, 15) is 9.59 Å². The number of nitrogens with one attached hydrogen (secondary N) is 1. The van der Waals surface area contributed by atoms with Gasteiger partial charge in [-0.05, 0) is 25.1 Å². The van der Waals surface area contributed by atoms with Crippen molar-refractivity contribution in [3.8, 4) is 0 Å². The second-order valence-electron chi connectivity index (χ2n) is 5.01. The Morgan fingerprint density at radius 1 is 1.38 bits per heavy atom. The maximum atomic E-state index is 12.6. The van der Waals surface area contributed by atoms with Crippen LogP contribution in [0.5, 0.6) is 0 Å². The third-order valence-corrected chi connectivity index (χ3v) is 3.32. The average molecular weight is 329 g/mol. The number of imidazole rings is 1. The van der Waals surface area contributed by atoms with Crippen molar-refractivity contribution >= 4 is 34.5 Å². The highest BCUT2D eigenvalue weighted by Crippen LogP contribution is 2.18. The molecule has 2 aromatic heterocycles. The third-order valence-electron chi connectivity index (χ3n) is 3.32. The molecule has 0 saturated heterocycles. The number of carbonyl (C=O) groups excluding carboxylic acids is 2. The van der Waals surface area contributed by atoms with Crippen LogP contribution < -0.4 is 11.1 Å². The van der Waals surface area contributed by atoms with E-state index in [0.29, 0.717) is 22.5 Å². The van der Waals surface area contributed by atoms with E-state index in [4.69, 9.17) is 5.73 Å². The zero-order valence-corrected chi connectivity index (χ0v) is 13.1. The van der Waals surface area contributed by atoms with Crippen LogP contribution in [0, 0.1) is 6.92 Å². The monoisotopic (exact) mass is 329 g/mol. The molecule has 0 spiro atoms. The fraction of sp³-hybridized carbons (Fsp3) is 0.214. The molecule has 0 bridgehead atoms. The molecule has 0 radical (unpaired) electrons. The van der Waals surface area contributed by atoms with Crippen LogP contribution >= 0.6 is 0 Å². The van der Waals surface area contributed by atoms with E-state index in [1.807, 2.05) is 0 Å². The van der Waals surface area contributed by atoms with Crippen LogP contribution in [-0.2, 0) is 11.3 Å². The van der Waals surface area contributed by atoms with Crippen LogP contribution in [-0.4, -0.2) is 43.7 Å². The molecule has 2 heterocycles. The van der Waals surface area contributed by atoms with E-state index in [1.54, 1.807) is 25.1 Å². The number of nitrogens with two attached hydrogens (primary N) is 1. The Morgan fingerprint density at radius 3 is 2.92 bits per heavy atom. The van der Waals surface area contributed by atoms with Gasteiger partial charge < -0.3 is 10.5 Å². The Balaban J connectivity index is 1.83. The molecule has 0 fully saturated rings. The van der Waals surface area contributed by atoms with Gasteiger partial charge in [0.2, 0.25) is 0 Å². The van der Waals surface area contributed by atoms with Crippen molar-refractivity contribution in [1.82, 2.24) is 24.5 Å². The normalized spacial score (nSPS) is 10.8. The summed E-state index contributed by atoms with van der Waals surface area (Å²) < 4.78 is 5.94. The minimum absolute atomic E-state index is 0.112. The summed E-state index contributed by atoms with van der Waals surface area (Å²) in [7, 11) is 1.24. The van der Waals surface area contributed by atoms with E-state index >= 15 is 0 Å². The molecule has 24 heavy (non-hydrogen) atoms. The minimum Gasteiger partial charge on any atom is -0.453 e. The molecule has 0 aliphatic carbocycles. The van der Waals surface area contributed by atoms with E-state index in [2.05, 4.69) is 25.2 Å². The van der Waals surface area contributed by atoms with Gasteiger partial charge in [-0.25, -0.2) is 9.78 Å². The van der Waals surface area contributed by atoms with Gasteiger partial charge in [-0.3, -0.25) is 14.7 Å². The number of hydrogen-bond donors (Lipinski definition) is 2. The van der Waals surface area contributed by atoms with Gasteiger partial charge >= 0.3 is 6.09 Å². The number of aryl methyl sites for hydroxylation is 1. The third kappa shape index (κ3) is 2.89. The van der Waals surface area contributed by atoms with Gasteiger partial charge in [0, 0.05) is 5.69 Å². The molecule has 124 valence electrons. The zero-order valence-electron chi connectivity index (χ0n) is 13.1. The number of carbonyl (C=O) groups is 2. The van der Waals surface area contributed by atoms with E-state index in [1.165, 1.54) is 22.7 Å². The summed E-state index contributed by atoms with van der Waals surface area (Å²) in [5, 5.41) is 10.3. The summed E-state index contributed by atoms with van der Waals surface area (Å²) in [6.07, 6.45) is 0.659. The van der Waals surface area contributed by atoms with Gasteiger partial charge in [0.15, 0.2) is 5.82 Å². The number of anilines is 2. The Kier molecular flexibility index (Phi) is 3.86. The number of nitrogen functional groups attached to an aromatic ring is 1. The van der Waals surface area contributed by atoms with Gasteiger partial charge in [0.25, 0.3) is 5.91 Å². The highest BCUT2D eigenvalue weighted by atomic mass is 16.5. The molecule has 0 saturated carbocycles. The van der Waals surface area contributed by atoms with Crippen LogP contribution in [0.3, 0.4) is 0 Å². The molecule has 0 aliphatic rings. The number of ether oxygens (including phenoxy) is 1. The molecular formula is C14H15N7O3. The number of fused-ring (bicyclic) bond motifs is 1. The van der Waals surface area contributed by atoms with Crippen molar-refractivity contribution in [2.75, 3.05) is 18.2 Å². The van der Waals surface area contributed by atoms with E-state index in [-0.39, 0.29) is 18.3 Å². The van der Waals surface area contributed by atoms with Gasteiger partial charge in [-0.2, -0.15) is 9.90 Å². The minimum atomic E-state index is -0.664. The van der Waals surface area contributed by atoms with Gasteiger partial charge in [-0.1, -0.05) is 0 Å². The van der Waals surface area contributed by atoms with E-state index < -0.39 is 6.09 Å². The number of amides is 1. The predicted molar refractivity (Wildman–Crippen MR) is 85.6 cm³/mol. The topological polar surface area (TPSA) is 130 Å². The van der Waals surface area contributed by atoms with Gasteiger partial charge in [0.1, 0.15) is 12.4 Å². The summed E-state index contributed by atoms with van der Waals surface area (Å²) in [5.74, 6) is 0.468. The standard InChI is InChI=1S/C14H15N7O3/c1-8-17-10-5-9(15)3-4-11(10)21(8)13(22)7-20-16-6-12(19-20)18-14(23)24-2/h3-6H,7,15H2,1-2H3,(H,18,19,23). The van der Waals surface area contributed by atoms with Crippen LogP contribution in [0.1, 0.15) is 10.6 Å². The fourth-order valence-electron chi connectivity index (χ4n) is 2.31. The van der Waals surface area contributed by atoms with Crippen LogP contribution in [0.15, 0.2) is 24.4 Å². The SMILES string of the molecule is COC(=O)Nc1cnn(CC(=O)n2c(C)nc3cc(N)ccc32)n1. The summed E-state index contributed by atoms with van der Waals surface area (Å²) in [4.78, 5) is 29.2. The molecule has 3 N–H and O–H groups in total. The fourth-order valence-corrected chi connectivity index (χ4v) is 2.31. The van der Waals surface area contributed by atoms with Crippen LogP contribution in [0.25, 0.3) is 11.0 Å². The number of aromatic nitrogens is 5. The van der Waals surface area contributed by atoms with Crippen molar-refractivity contribution in [1.29, 1.82) is 0 Å². The number of rotatable bonds is 3. The molecule has 3 rings (SSSR count). The maximum Gasteiger partial charge on any atom is 0.412 e. The quantitative estimate of drug-likeness (QED) is 0.686. The smallest absolute Gasteiger partial charge is 0.412 e.